The van der Waals surface area contributed by atoms with Crippen LogP contribution in [0, 0.1) is 0 Å². The molecule has 0 rings (SSSR count). The summed E-state index contributed by atoms with van der Waals surface area (Å²) < 4.78 is 23.0. The normalized spacial score (nSPS) is 14.4. The fourth-order valence-electron chi connectivity index (χ4n) is 1.63. The largest absolute Gasteiger partial charge is 0.229 e. The molecule has 0 heterocycles. The molecule has 3 heteroatoms. The second kappa shape index (κ2) is 8.80. The van der Waals surface area contributed by atoms with Crippen molar-refractivity contribution in [1.82, 2.24) is 0 Å². The first-order valence-corrected chi connectivity index (χ1v) is 8.31. The van der Waals surface area contributed by atoms with E-state index >= 15 is 0 Å². The molecule has 2 nitrogen and oxygen atoms in total. The number of unbranched alkanes of at least 4 members (excludes halogenated alkanes) is 3. The summed E-state index contributed by atoms with van der Waals surface area (Å²) in [7, 11) is -2.88. The maximum atomic E-state index is 11.5. The van der Waals surface area contributed by atoms with Crippen molar-refractivity contribution >= 4 is 9.84 Å². The fourth-order valence-corrected chi connectivity index (χ4v) is 2.68. The van der Waals surface area contributed by atoms with Crippen molar-refractivity contribution in [2.75, 3.05) is 6.26 Å². The lowest BCUT2D eigenvalue weighted by molar-refractivity contribution is 0.569. The first kappa shape index (κ1) is 15.7. The average Bonchev–Trinajstić information content (AvgIpc) is 2.20. The highest BCUT2D eigenvalue weighted by molar-refractivity contribution is 7.91. The van der Waals surface area contributed by atoms with E-state index in [1.54, 1.807) is 0 Å². The van der Waals surface area contributed by atoms with Gasteiger partial charge in [-0.3, -0.25) is 0 Å². The zero-order chi connectivity index (χ0) is 12.4. The van der Waals surface area contributed by atoms with E-state index < -0.39 is 9.84 Å². The summed E-state index contributed by atoms with van der Waals surface area (Å²) in [5, 5.41) is -0.176. The van der Waals surface area contributed by atoms with E-state index in [9.17, 15) is 8.42 Å². The van der Waals surface area contributed by atoms with Gasteiger partial charge in [-0.1, -0.05) is 51.7 Å². The molecular weight excluding hydrogens is 220 g/mol. The minimum Gasteiger partial charge on any atom is -0.229 e. The van der Waals surface area contributed by atoms with Crippen LogP contribution in [0.5, 0.6) is 0 Å². The molecule has 0 fully saturated rings. The number of allylic oxidation sites excluding steroid dienone is 2. The molecule has 1 atom stereocenters. The third kappa shape index (κ3) is 7.91. The van der Waals surface area contributed by atoms with Crippen molar-refractivity contribution in [3.05, 3.63) is 12.2 Å². The van der Waals surface area contributed by atoms with Crippen LogP contribution >= 0.6 is 0 Å². The maximum Gasteiger partial charge on any atom is 0.150 e. The fraction of sp³-hybridized carbons (Fsp3) is 0.846. The number of hydrogen-bond donors (Lipinski definition) is 0. The molecular formula is C13H26O2S. The lowest BCUT2D eigenvalue weighted by atomic mass is 10.1. The van der Waals surface area contributed by atoms with Crippen LogP contribution in [-0.2, 0) is 9.84 Å². The van der Waals surface area contributed by atoms with Crippen molar-refractivity contribution in [2.45, 2.75) is 64.0 Å². The molecule has 0 radical (unpaired) electrons. The summed E-state index contributed by atoms with van der Waals surface area (Å²) in [5.41, 5.74) is 0. The van der Waals surface area contributed by atoms with E-state index in [2.05, 4.69) is 19.9 Å². The van der Waals surface area contributed by atoms with Gasteiger partial charge in [-0.15, -0.1) is 0 Å². The number of rotatable bonds is 9. The Morgan fingerprint density at radius 1 is 1.06 bits per heavy atom. The van der Waals surface area contributed by atoms with Gasteiger partial charge < -0.3 is 0 Å². The van der Waals surface area contributed by atoms with Crippen LogP contribution in [0.1, 0.15) is 58.8 Å². The van der Waals surface area contributed by atoms with Gasteiger partial charge in [-0.2, -0.15) is 0 Å². The summed E-state index contributed by atoms with van der Waals surface area (Å²) in [5.74, 6) is 0. The Kier molecular flexibility index (Phi) is 8.63. The molecule has 0 amide bonds. The van der Waals surface area contributed by atoms with Gasteiger partial charge in [0, 0.05) is 6.26 Å². The molecule has 0 N–H and O–H groups in total. The lowest BCUT2D eigenvalue weighted by Gasteiger charge is -2.12. The summed E-state index contributed by atoms with van der Waals surface area (Å²) in [6, 6.07) is 0. The SMILES string of the molecule is CCCC/C=C/CC(CCCC)S(C)(=O)=O. The quantitative estimate of drug-likeness (QED) is 0.459. The summed E-state index contributed by atoms with van der Waals surface area (Å²) in [6.07, 6.45) is 12.5. The zero-order valence-corrected chi connectivity index (χ0v) is 11.7. The Hall–Kier alpha value is -0.310. The molecule has 0 aliphatic heterocycles. The molecule has 0 aliphatic carbocycles. The zero-order valence-electron chi connectivity index (χ0n) is 10.9. The van der Waals surface area contributed by atoms with Crippen molar-refractivity contribution in [3.8, 4) is 0 Å². The van der Waals surface area contributed by atoms with E-state index in [0.29, 0.717) is 6.42 Å². The van der Waals surface area contributed by atoms with Gasteiger partial charge in [-0.25, -0.2) is 8.42 Å². The van der Waals surface area contributed by atoms with Crippen molar-refractivity contribution in [2.24, 2.45) is 0 Å². The molecule has 0 aromatic carbocycles. The molecule has 0 aliphatic rings. The lowest BCUT2D eigenvalue weighted by Crippen LogP contribution is -2.19. The highest BCUT2D eigenvalue weighted by Gasteiger charge is 2.17. The molecule has 0 aromatic rings. The van der Waals surface area contributed by atoms with Gasteiger partial charge in [0.1, 0.15) is 0 Å². The van der Waals surface area contributed by atoms with Gasteiger partial charge in [0.2, 0.25) is 0 Å². The molecule has 1 unspecified atom stereocenters. The standard InChI is InChI=1S/C13H26O2S/c1-4-6-8-9-10-12-13(11-7-5-2)16(3,14)15/h9-10,13H,4-8,11-12H2,1-3H3/b10-9+. The molecule has 0 saturated heterocycles. The van der Waals surface area contributed by atoms with Gasteiger partial charge in [-0.05, 0) is 19.3 Å². The van der Waals surface area contributed by atoms with Crippen LogP contribution in [0.15, 0.2) is 12.2 Å². The smallest absolute Gasteiger partial charge is 0.150 e. The Labute approximate surface area is 101 Å². The Bertz CT molecular complexity index is 278. The molecule has 96 valence electrons. The Morgan fingerprint density at radius 3 is 2.19 bits per heavy atom. The minimum atomic E-state index is -2.88. The van der Waals surface area contributed by atoms with E-state index in [0.717, 1.165) is 25.7 Å². The van der Waals surface area contributed by atoms with Gasteiger partial charge in [0.25, 0.3) is 0 Å². The first-order chi connectivity index (χ1) is 7.52. The van der Waals surface area contributed by atoms with Gasteiger partial charge in [0.15, 0.2) is 9.84 Å². The highest BCUT2D eigenvalue weighted by atomic mass is 32.2. The van der Waals surface area contributed by atoms with Crippen LogP contribution < -0.4 is 0 Å². The number of hydrogen-bond acceptors (Lipinski definition) is 2. The predicted molar refractivity (Wildman–Crippen MR) is 71.4 cm³/mol. The molecule has 0 saturated carbocycles. The van der Waals surface area contributed by atoms with Crippen LogP contribution in [0.2, 0.25) is 0 Å². The van der Waals surface area contributed by atoms with Gasteiger partial charge in [0.05, 0.1) is 5.25 Å². The van der Waals surface area contributed by atoms with E-state index in [1.807, 2.05) is 6.08 Å². The minimum absolute atomic E-state index is 0.176. The third-order valence-electron chi connectivity index (χ3n) is 2.78. The first-order valence-electron chi connectivity index (χ1n) is 6.36. The van der Waals surface area contributed by atoms with E-state index in [4.69, 9.17) is 0 Å². The Morgan fingerprint density at radius 2 is 1.69 bits per heavy atom. The maximum absolute atomic E-state index is 11.5. The summed E-state index contributed by atoms with van der Waals surface area (Å²) in [4.78, 5) is 0. The third-order valence-corrected chi connectivity index (χ3v) is 4.41. The van der Waals surface area contributed by atoms with Crippen molar-refractivity contribution < 1.29 is 8.42 Å². The highest BCUT2D eigenvalue weighted by Crippen LogP contribution is 2.14. The van der Waals surface area contributed by atoms with Crippen LogP contribution in [0.25, 0.3) is 0 Å². The topological polar surface area (TPSA) is 34.1 Å². The molecule has 0 aromatic heterocycles. The second-order valence-corrected chi connectivity index (χ2v) is 6.77. The van der Waals surface area contributed by atoms with Crippen molar-refractivity contribution in [3.63, 3.8) is 0 Å². The van der Waals surface area contributed by atoms with Crippen LogP contribution in [0.4, 0.5) is 0 Å². The second-order valence-electron chi connectivity index (χ2n) is 4.44. The molecule has 16 heavy (non-hydrogen) atoms. The molecule has 0 spiro atoms. The van der Waals surface area contributed by atoms with E-state index in [1.165, 1.54) is 19.1 Å². The van der Waals surface area contributed by atoms with Crippen LogP contribution in [0.3, 0.4) is 0 Å². The Balaban J connectivity index is 4.07. The average molecular weight is 246 g/mol. The number of sulfone groups is 1. The van der Waals surface area contributed by atoms with Crippen LogP contribution in [-0.4, -0.2) is 19.9 Å². The van der Waals surface area contributed by atoms with Gasteiger partial charge >= 0.3 is 0 Å². The summed E-state index contributed by atoms with van der Waals surface area (Å²) in [6.45, 7) is 4.25. The van der Waals surface area contributed by atoms with E-state index in [-0.39, 0.29) is 5.25 Å². The summed E-state index contributed by atoms with van der Waals surface area (Å²) >= 11 is 0. The monoisotopic (exact) mass is 246 g/mol. The molecule has 0 bridgehead atoms. The van der Waals surface area contributed by atoms with Crippen molar-refractivity contribution in [1.29, 1.82) is 0 Å². The predicted octanol–water partition coefficient (Wildman–Crippen LogP) is 3.73.